The van der Waals surface area contributed by atoms with Crippen LogP contribution in [-0.4, -0.2) is 40.1 Å². The molecule has 2 rings (SSSR count). The number of carbonyl (C=O) groups is 1. The smallest absolute Gasteiger partial charge is 0.257 e. The molecule has 17 heavy (non-hydrogen) atoms. The lowest BCUT2D eigenvalue weighted by Gasteiger charge is -2.23. The van der Waals surface area contributed by atoms with Crippen LogP contribution in [0.3, 0.4) is 0 Å². The minimum absolute atomic E-state index is 0.00914. The van der Waals surface area contributed by atoms with Gasteiger partial charge in [-0.15, -0.1) is 0 Å². The van der Waals surface area contributed by atoms with Crippen LogP contribution >= 0.6 is 27.5 Å². The lowest BCUT2D eigenvalue weighted by Crippen LogP contribution is -2.37. The molecule has 1 aliphatic heterocycles. The van der Waals surface area contributed by atoms with Gasteiger partial charge in [-0.05, 0) is 34.8 Å². The molecule has 1 saturated heterocycles. The van der Waals surface area contributed by atoms with Crippen LogP contribution in [0.1, 0.15) is 23.2 Å². The molecule has 0 bridgehead atoms. The van der Waals surface area contributed by atoms with Crippen molar-refractivity contribution in [3.8, 4) is 0 Å². The van der Waals surface area contributed by atoms with Crippen molar-refractivity contribution < 1.29 is 9.90 Å². The standard InChI is InChI=1S/C11H12BrClN2O2/c12-7-4-9(10(13)14-5-7)11(17)15-3-1-2-8(15)6-16/h4-5,8,16H,1-3,6H2/t8-/m0/s1. The molecule has 1 atom stereocenters. The summed E-state index contributed by atoms with van der Waals surface area (Å²) in [6.45, 7) is 0.650. The Balaban J connectivity index is 2.27. The van der Waals surface area contributed by atoms with E-state index in [-0.39, 0.29) is 23.7 Å². The van der Waals surface area contributed by atoms with E-state index in [1.807, 2.05) is 0 Å². The van der Waals surface area contributed by atoms with E-state index in [9.17, 15) is 9.90 Å². The summed E-state index contributed by atoms with van der Waals surface area (Å²) in [6.07, 6.45) is 3.30. The summed E-state index contributed by atoms with van der Waals surface area (Å²) < 4.78 is 0.713. The molecule has 1 amide bonds. The second-order valence-corrected chi connectivity index (χ2v) is 5.24. The third-order valence-corrected chi connectivity index (χ3v) is 3.62. The maximum Gasteiger partial charge on any atom is 0.257 e. The number of hydrogen-bond donors (Lipinski definition) is 1. The minimum atomic E-state index is -0.166. The first-order valence-electron chi connectivity index (χ1n) is 5.36. The summed E-state index contributed by atoms with van der Waals surface area (Å²) in [5.41, 5.74) is 0.376. The van der Waals surface area contributed by atoms with Gasteiger partial charge in [0.25, 0.3) is 5.91 Å². The summed E-state index contributed by atoms with van der Waals surface area (Å²) in [7, 11) is 0. The van der Waals surface area contributed by atoms with Crippen LogP contribution in [0.15, 0.2) is 16.7 Å². The van der Waals surface area contributed by atoms with Gasteiger partial charge in [-0.2, -0.15) is 0 Å². The van der Waals surface area contributed by atoms with Crippen molar-refractivity contribution in [2.75, 3.05) is 13.2 Å². The van der Waals surface area contributed by atoms with Crippen molar-refractivity contribution in [2.45, 2.75) is 18.9 Å². The molecule has 0 aromatic carbocycles. The topological polar surface area (TPSA) is 53.4 Å². The summed E-state index contributed by atoms with van der Waals surface area (Å²) in [5.74, 6) is -0.166. The lowest BCUT2D eigenvalue weighted by molar-refractivity contribution is 0.0677. The number of nitrogens with zero attached hydrogens (tertiary/aromatic N) is 2. The number of aliphatic hydroxyl groups is 1. The summed E-state index contributed by atoms with van der Waals surface area (Å²) >= 11 is 9.18. The Labute approximate surface area is 113 Å². The molecule has 1 N–H and O–H groups in total. The van der Waals surface area contributed by atoms with E-state index >= 15 is 0 Å². The fraction of sp³-hybridized carbons (Fsp3) is 0.455. The fourth-order valence-corrected chi connectivity index (χ4v) is 2.54. The van der Waals surface area contributed by atoms with Crippen LogP contribution in [-0.2, 0) is 0 Å². The third kappa shape index (κ3) is 2.61. The van der Waals surface area contributed by atoms with Gasteiger partial charge in [0.2, 0.25) is 0 Å². The molecule has 1 aromatic rings. The average molecular weight is 320 g/mol. The molecule has 0 saturated carbocycles. The zero-order valence-corrected chi connectivity index (χ0v) is 11.4. The zero-order valence-electron chi connectivity index (χ0n) is 9.07. The van der Waals surface area contributed by atoms with E-state index < -0.39 is 0 Å². The first-order valence-corrected chi connectivity index (χ1v) is 6.53. The number of amides is 1. The van der Waals surface area contributed by atoms with Crippen molar-refractivity contribution in [1.82, 2.24) is 9.88 Å². The molecular weight excluding hydrogens is 307 g/mol. The molecule has 2 heterocycles. The monoisotopic (exact) mass is 318 g/mol. The van der Waals surface area contributed by atoms with Gasteiger partial charge in [0, 0.05) is 17.2 Å². The summed E-state index contributed by atoms with van der Waals surface area (Å²) in [6, 6.07) is 1.56. The second-order valence-electron chi connectivity index (χ2n) is 3.97. The Morgan fingerprint density at radius 1 is 1.71 bits per heavy atom. The maximum absolute atomic E-state index is 12.3. The molecule has 0 aliphatic carbocycles. The quantitative estimate of drug-likeness (QED) is 0.849. The van der Waals surface area contributed by atoms with Crippen molar-refractivity contribution in [1.29, 1.82) is 0 Å². The Morgan fingerprint density at radius 2 is 2.47 bits per heavy atom. The summed E-state index contributed by atoms with van der Waals surface area (Å²) in [5, 5.41) is 9.40. The number of likely N-dealkylation sites (tertiary alicyclic amines) is 1. The van der Waals surface area contributed by atoms with Crippen molar-refractivity contribution in [2.24, 2.45) is 0 Å². The first-order chi connectivity index (χ1) is 8.13. The number of hydrogen-bond acceptors (Lipinski definition) is 3. The molecule has 6 heteroatoms. The van der Waals surface area contributed by atoms with Crippen molar-refractivity contribution >= 4 is 33.4 Å². The highest BCUT2D eigenvalue weighted by atomic mass is 79.9. The molecule has 92 valence electrons. The molecule has 1 fully saturated rings. The van der Waals surface area contributed by atoms with Gasteiger partial charge in [-0.3, -0.25) is 4.79 Å². The van der Waals surface area contributed by atoms with Gasteiger partial charge in [0.15, 0.2) is 0 Å². The number of halogens is 2. The molecule has 0 spiro atoms. The number of rotatable bonds is 2. The van der Waals surface area contributed by atoms with Gasteiger partial charge < -0.3 is 10.0 Å². The first kappa shape index (κ1) is 12.8. The van der Waals surface area contributed by atoms with Gasteiger partial charge in [0.1, 0.15) is 5.15 Å². The van der Waals surface area contributed by atoms with Gasteiger partial charge in [-0.25, -0.2) is 4.98 Å². The van der Waals surface area contributed by atoms with Crippen molar-refractivity contribution in [3.63, 3.8) is 0 Å². The average Bonchev–Trinajstić information content (AvgIpc) is 2.79. The van der Waals surface area contributed by atoms with E-state index in [1.165, 1.54) is 0 Å². The Bertz CT molecular complexity index is 441. The fourth-order valence-electron chi connectivity index (χ4n) is 2.02. The van der Waals surface area contributed by atoms with Gasteiger partial charge >= 0.3 is 0 Å². The van der Waals surface area contributed by atoms with Crippen LogP contribution in [0, 0.1) is 0 Å². The molecule has 0 radical (unpaired) electrons. The highest BCUT2D eigenvalue weighted by Gasteiger charge is 2.30. The summed E-state index contributed by atoms with van der Waals surface area (Å²) in [4.78, 5) is 17.9. The third-order valence-electron chi connectivity index (χ3n) is 2.88. The molecule has 0 unspecified atom stereocenters. The van der Waals surface area contributed by atoms with Crippen LogP contribution in [0.2, 0.25) is 5.15 Å². The highest BCUT2D eigenvalue weighted by Crippen LogP contribution is 2.24. The van der Waals surface area contributed by atoms with E-state index in [1.54, 1.807) is 17.2 Å². The van der Waals surface area contributed by atoms with Crippen LogP contribution in [0.25, 0.3) is 0 Å². The second kappa shape index (κ2) is 5.33. The van der Waals surface area contributed by atoms with E-state index in [0.717, 1.165) is 12.8 Å². The number of carbonyl (C=O) groups excluding carboxylic acids is 1. The molecule has 4 nitrogen and oxygen atoms in total. The number of pyridine rings is 1. The van der Waals surface area contributed by atoms with Crippen molar-refractivity contribution in [3.05, 3.63) is 27.5 Å². The number of aromatic nitrogens is 1. The molecule has 1 aliphatic rings. The molecular formula is C11H12BrClN2O2. The van der Waals surface area contributed by atoms with Crippen LogP contribution < -0.4 is 0 Å². The van der Waals surface area contributed by atoms with Gasteiger partial charge in [-0.1, -0.05) is 11.6 Å². The Morgan fingerprint density at radius 3 is 3.18 bits per heavy atom. The predicted molar refractivity (Wildman–Crippen MR) is 68.1 cm³/mol. The SMILES string of the molecule is O=C(c1cc(Br)cnc1Cl)N1CCC[C@H]1CO. The Hall–Kier alpha value is -0.650. The van der Waals surface area contributed by atoms with E-state index in [0.29, 0.717) is 16.6 Å². The zero-order chi connectivity index (χ0) is 12.4. The highest BCUT2D eigenvalue weighted by molar-refractivity contribution is 9.10. The largest absolute Gasteiger partial charge is 0.394 e. The Kier molecular flexibility index (Phi) is 4.01. The normalized spacial score (nSPS) is 19.7. The molecule has 1 aromatic heterocycles. The van der Waals surface area contributed by atoms with Gasteiger partial charge in [0.05, 0.1) is 18.2 Å². The predicted octanol–water partition coefficient (Wildman–Crippen LogP) is 2.09. The number of aliphatic hydroxyl groups excluding tert-OH is 1. The van der Waals surface area contributed by atoms with E-state index in [2.05, 4.69) is 20.9 Å². The van der Waals surface area contributed by atoms with Crippen LogP contribution in [0.4, 0.5) is 0 Å². The van der Waals surface area contributed by atoms with Crippen LogP contribution in [0.5, 0.6) is 0 Å². The maximum atomic E-state index is 12.3. The lowest BCUT2D eigenvalue weighted by atomic mass is 10.2. The minimum Gasteiger partial charge on any atom is -0.394 e. The van der Waals surface area contributed by atoms with E-state index in [4.69, 9.17) is 11.6 Å².